The molecule has 2 aromatic rings. The fourth-order valence-electron chi connectivity index (χ4n) is 4.23. The number of methoxy groups -OCH3 is 1. The summed E-state index contributed by atoms with van der Waals surface area (Å²) < 4.78 is 9.87. The Bertz CT molecular complexity index is 1240. The highest BCUT2D eigenvalue weighted by Gasteiger charge is 2.66. The lowest BCUT2D eigenvalue weighted by Gasteiger charge is -2.56. The van der Waals surface area contributed by atoms with Gasteiger partial charge in [-0.3, -0.25) is 19.3 Å². The first-order chi connectivity index (χ1) is 18.4. The van der Waals surface area contributed by atoms with Gasteiger partial charge in [0.15, 0.2) is 0 Å². The molecule has 3 heterocycles. The summed E-state index contributed by atoms with van der Waals surface area (Å²) in [6, 6.07) is 7.49. The van der Waals surface area contributed by atoms with Crippen LogP contribution < -0.4 is 10.6 Å². The first-order valence-corrected chi connectivity index (χ1v) is 14.6. The van der Waals surface area contributed by atoms with Gasteiger partial charge in [-0.1, -0.05) is 55.4 Å². The molecule has 1 fully saturated rings. The van der Waals surface area contributed by atoms with Crippen molar-refractivity contribution in [2.45, 2.75) is 48.5 Å². The summed E-state index contributed by atoms with van der Waals surface area (Å²) in [5, 5.41) is 15.8. The number of hydrogen-bond donors (Lipinski definition) is 3. The first-order valence-electron chi connectivity index (χ1n) is 11.8. The van der Waals surface area contributed by atoms with Crippen molar-refractivity contribution in [1.29, 1.82) is 0 Å². The van der Waals surface area contributed by atoms with Gasteiger partial charge in [0.05, 0.1) is 0 Å². The largest absolute Gasteiger partial charge is 0.477 e. The normalized spacial score (nSPS) is 21.4. The number of carbonyl (C=O) groups is 4. The topological polar surface area (TPSA) is 151 Å². The van der Waals surface area contributed by atoms with Crippen LogP contribution in [0.4, 0.5) is 0 Å². The summed E-state index contributed by atoms with van der Waals surface area (Å²) in [6.45, 7) is 2.11. The van der Waals surface area contributed by atoms with Gasteiger partial charge >= 0.3 is 5.97 Å². The van der Waals surface area contributed by atoms with E-state index >= 15 is 0 Å². The monoisotopic (exact) mass is 577 g/mol. The molecule has 3 N–H and O–H groups in total. The summed E-state index contributed by atoms with van der Waals surface area (Å²) in [4.78, 5) is 55.7. The number of hydrogen-bond acceptors (Lipinski definition) is 10. The van der Waals surface area contributed by atoms with E-state index < -0.39 is 34.9 Å². The van der Waals surface area contributed by atoms with Gasteiger partial charge < -0.3 is 20.5 Å². The van der Waals surface area contributed by atoms with Crippen molar-refractivity contribution in [2.75, 3.05) is 18.6 Å². The van der Waals surface area contributed by atoms with Gasteiger partial charge in [-0.2, -0.15) is 4.37 Å². The Balaban J connectivity index is 1.51. The number of carbonyl (C=O) groups excluding carboxylic acids is 3. The molecule has 14 heteroatoms. The molecule has 1 saturated heterocycles. The Morgan fingerprint density at radius 1 is 1.37 bits per heavy atom. The van der Waals surface area contributed by atoms with Gasteiger partial charge in [-0.25, -0.2) is 9.78 Å². The zero-order valence-corrected chi connectivity index (χ0v) is 23.2. The molecule has 1 aromatic carbocycles. The highest BCUT2D eigenvalue weighted by molar-refractivity contribution is 8.01. The second-order valence-electron chi connectivity index (χ2n) is 8.52. The summed E-state index contributed by atoms with van der Waals surface area (Å²) in [5.74, 6) is -1.98. The number of rotatable bonds is 13. The average molecular weight is 578 g/mol. The number of aryl methyl sites for hydroxylation is 1. The second kappa shape index (κ2) is 12.3. The van der Waals surface area contributed by atoms with E-state index in [0.717, 1.165) is 29.2 Å². The van der Waals surface area contributed by atoms with Crippen molar-refractivity contribution in [3.63, 3.8) is 0 Å². The van der Waals surface area contributed by atoms with Crippen molar-refractivity contribution in [1.82, 2.24) is 24.9 Å². The molecule has 202 valence electrons. The minimum absolute atomic E-state index is 0.125. The highest BCUT2D eigenvalue weighted by atomic mass is 32.2. The van der Waals surface area contributed by atoms with E-state index in [1.54, 1.807) is 30.3 Å². The second-order valence-corrected chi connectivity index (χ2v) is 11.4. The molecule has 0 radical (unpaired) electrons. The number of benzene rings is 1. The zero-order valence-electron chi connectivity index (χ0n) is 20.7. The predicted octanol–water partition coefficient (Wildman–Crippen LogP) is 2.17. The maximum Gasteiger partial charge on any atom is 0.352 e. The molecular weight excluding hydrogens is 550 g/mol. The number of aliphatic carboxylic acids is 1. The molecule has 4 rings (SSSR count). The Kier molecular flexibility index (Phi) is 9.07. The number of ether oxygens (including phenoxy) is 1. The van der Waals surface area contributed by atoms with Crippen LogP contribution in [0.1, 0.15) is 36.4 Å². The third-order valence-electron chi connectivity index (χ3n) is 6.14. The Morgan fingerprint density at radius 2 is 2.13 bits per heavy atom. The third-order valence-corrected chi connectivity index (χ3v) is 9.34. The lowest BCUT2D eigenvalue weighted by molar-refractivity contribution is -0.193. The van der Waals surface area contributed by atoms with Gasteiger partial charge in [0, 0.05) is 25.0 Å². The van der Waals surface area contributed by atoms with Crippen molar-refractivity contribution in [3.8, 4) is 0 Å². The van der Waals surface area contributed by atoms with Gasteiger partial charge in [0.1, 0.15) is 22.1 Å². The minimum atomic E-state index is -1.77. The quantitative estimate of drug-likeness (QED) is 0.140. The number of amides is 3. The molecule has 2 aliphatic rings. The maximum absolute atomic E-state index is 13.4. The van der Waals surface area contributed by atoms with Crippen molar-refractivity contribution in [3.05, 3.63) is 52.2 Å². The fourth-order valence-corrected chi connectivity index (χ4v) is 7.48. The van der Waals surface area contributed by atoms with Crippen LogP contribution in [0.2, 0.25) is 0 Å². The van der Waals surface area contributed by atoms with Crippen molar-refractivity contribution in [2.24, 2.45) is 0 Å². The smallest absolute Gasteiger partial charge is 0.352 e. The van der Waals surface area contributed by atoms with E-state index in [9.17, 15) is 24.3 Å². The molecular formula is C24H27N5O6S3. The molecule has 11 nitrogen and oxygen atoms in total. The SMILES string of the molecule is CCCCc1nc(SCC2=C(C(=O)O)N3C(=O)[C@](NC(=O)C(NC=O)c4ccccc4)(OC)C3SC2)ns1. The number of fused-ring (bicyclic) bond motifs is 1. The average Bonchev–Trinajstić information content (AvgIpc) is 3.39. The first kappa shape index (κ1) is 28.1. The maximum atomic E-state index is 13.4. The molecule has 2 unspecified atom stereocenters. The van der Waals surface area contributed by atoms with Gasteiger partial charge in [0.25, 0.3) is 11.6 Å². The van der Waals surface area contributed by atoms with E-state index in [1.807, 2.05) is 0 Å². The summed E-state index contributed by atoms with van der Waals surface area (Å²) in [7, 11) is 1.28. The summed E-state index contributed by atoms with van der Waals surface area (Å²) >= 11 is 3.96. The number of nitrogens with zero attached hydrogens (tertiary/aromatic N) is 3. The van der Waals surface area contributed by atoms with Gasteiger partial charge in [-0.15, -0.1) is 11.8 Å². The molecule has 3 amide bonds. The number of aromatic nitrogens is 2. The van der Waals surface area contributed by atoms with Crippen LogP contribution >= 0.6 is 35.1 Å². The predicted molar refractivity (Wildman–Crippen MR) is 143 cm³/mol. The molecule has 0 aliphatic carbocycles. The molecule has 0 saturated carbocycles. The molecule has 1 aromatic heterocycles. The summed E-state index contributed by atoms with van der Waals surface area (Å²) in [5.41, 5.74) is -0.825. The van der Waals surface area contributed by atoms with E-state index in [0.29, 0.717) is 34.2 Å². The Labute approximate surface area is 232 Å². The van der Waals surface area contributed by atoms with E-state index in [-0.39, 0.29) is 5.70 Å². The Morgan fingerprint density at radius 3 is 2.79 bits per heavy atom. The number of thioether (sulfide) groups is 2. The van der Waals surface area contributed by atoms with Crippen LogP contribution in [-0.4, -0.2) is 73.3 Å². The summed E-state index contributed by atoms with van der Waals surface area (Å²) in [6.07, 6.45) is 3.34. The van der Waals surface area contributed by atoms with Crippen LogP contribution in [-0.2, 0) is 30.3 Å². The molecule has 2 aliphatic heterocycles. The van der Waals surface area contributed by atoms with Gasteiger partial charge in [-0.05, 0) is 29.1 Å². The van der Waals surface area contributed by atoms with Crippen molar-refractivity contribution >= 4 is 59.3 Å². The molecule has 0 spiro atoms. The van der Waals surface area contributed by atoms with Crippen LogP contribution in [0.5, 0.6) is 0 Å². The lowest BCUT2D eigenvalue weighted by Crippen LogP contribution is -2.81. The van der Waals surface area contributed by atoms with Crippen LogP contribution in [0.15, 0.2) is 46.8 Å². The van der Waals surface area contributed by atoms with Crippen LogP contribution in [0, 0.1) is 0 Å². The number of β-lactam (4-membered cyclic amide) rings is 1. The van der Waals surface area contributed by atoms with Crippen LogP contribution in [0.25, 0.3) is 0 Å². The third kappa shape index (κ3) is 5.44. The number of unbranched alkanes of at least 4 members (excludes halogenated alkanes) is 1. The lowest BCUT2D eigenvalue weighted by atomic mass is 9.97. The van der Waals surface area contributed by atoms with E-state index in [2.05, 4.69) is 26.9 Å². The van der Waals surface area contributed by atoms with Crippen molar-refractivity contribution < 1.29 is 29.0 Å². The Hall–Kier alpha value is -2.94. The van der Waals surface area contributed by atoms with E-state index in [4.69, 9.17) is 4.74 Å². The number of carboxylic acids is 1. The molecule has 0 bridgehead atoms. The van der Waals surface area contributed by atoms with E-state index in [1.165, 1.54) is 42.2 Å². The number of carboxylic acid groups (broad SMARTS) is 1. The minimum Gasteiger partial charge on any atom is -0.477 e. The fraction of sp³-hybridized carbons (Fsp3) is 0.417. The van der Waals surface area contributed by atoms with Gasteiger partial charge in [0.2, 0.25) is 17.5 Å². The highest BCUT2D eigenvalue weighted by Crippen LogP contribution is 2.47. The number of nitrogens with one attached hydrogen (secondary N) is 2. The van der Waals surface area contributed by atoms with Crippen LogP contribution in [0.3, 0.4) is 0 Å². The molecule has 38 heavy (non-hydrogen) atoms. The zero-order chi connectivity index (χ0) is 27.3. The standard InChI is InChI=1S/C24H27N5O6S3/c1-3-4-10-16-26-23(28-38-16)37-12-15-11-36-22-24(35-2,21(34)29(22)18(15)20(32)33)27-19(31)17(25-13-30)14-8-6-5-7-9-14/h5-9,13,17,22H,3-4,10-12H2,1-2H3,(H,25,30)(H,27,31)(H,32,33)/t17?,22?,24-/m0/s1. The molecule has 3 atom stereocenters.